The van der Waals surface area contributed by atoms with Crippen molar-refractivity contribution >= 4 is 50.8 Å². The summed E-state index contributed by atoms with van der Waals surface area (Å²) in [6, 6.07) is 12.1. The Kier molecular flexibility index (Phi) is 7.41. The number of halogens is 1. The third-order valence-corrected chi connectivity index (χ3v) is 5.66. The van der Waals surface area contributed by atoms with Gasteiger partial charge in [-0.25, -0.2) is 0 Å². The minimum Gasteiger partial charge on any atom is -0.496 e. The smallest absolute Gasteiger partial charge is 0.257 e. The van der Waals surface area contributed by atoms with Crippen molar-refractivity contribution in [3.8, 4) is 5.75 Å². The van der Waals surface area contributed by atoms with E-state index >= 15 is 0 Å². The number of anilines is 1. The molecule has 2 N–H and O–H groups in total. The maximum atomic E-state index is 13.0. The number of hydrogen-bond donors (Lipinski definition) is 2. The molecule has 1 heterocycles. The van der Waals surface area contributed by atoms with Crippen LogP contribution >= 0.6 is 28.1 Å². The van der Waals surface area contributed by atoms with Crippen LogP contribution in [0.5, 0.6) is 5.75 Å². The van der Waals surface area contributed by atoms with Crippen molar-refractivity contribution in [3.63, 3.8) is 0 Å². The number of rotatable bonds is 4. The summed E-state index contributed by atoms with van der Waals surface area (Å²) in [6.07, 6.45) is 0. The Hall–Kier alpha value is -2.49. The lowest BCUT2D eigenvalue weighted by Crippen LogP contribution is -2.47. The van der Waals surface area contributed by atoms with E-state index in [4.69, 9.17) is 17.0 Å². The van der Waals surface area contributed by atoms with Crippen LogP contribution in [0, 0.1) is 0 Å². The Morgan fingerprint density at radius 3 is 2.47 bits per heavy atom. The van der Waals surface area contributed by atoms with Crippen molar-refractivity contribution < 1.29 is 14.3 Å². The highest BCUT2D eigenvalue weighted by molar-refractivity contribution is 9.10. The van der Waals surface area contributed by atoms with Gasteiger partial charge in [0.2, 0.25) is 0 Å². The number of ether oxygens (including phenoxy) is 1. The lowest BCUT2D eigenvalue weighted by atomic mass is 10.1. The Labute approximate surface area is 189 Å². The van der Waals surface area contributed by atoms with E-state index in [1.54, 1.807) is 37.4 Å². The maximum absolute atomic E-state index is 13.0. The Balaban J connectivity index is 1.67. The van der Waals surface area contributed by atoms with Crippen molar-refractivity contribution in [1.29, 1.82) is 0 Å². The highest BCUT2D eigenvalue weighted by Gasteiger charge is 2.22. The van der Waals surface area contributed by atoms with Gasteiger partial charge in [-0.1, -0.05) is 12.1 Å². The lowest BCUT2D eigenvalue weighted by Gasteiger charge is -2.32. The summed E-state index contributed by atoms with van der Waals surface area (Å²) in [6.45, 7) is 3.04. The quantitative estimate of drug-likeness (QED) is 0.641. The fraction of sp³-hybridized carbons (Fsp3) is 0.286. The lowest BCUT2D eigenvalue weighted by molar-refractivity contribution is 0.0665. The number of piperazine rings is 1. The summed E-state index contributed by atoms with van der Waals surface area (Å²) >= 11 is 8.66. The predicted octanol–water partition coefficient (Wildman–Crippen LogP) is 2.97. The summed E-state index contributed by atoms with van der Waals surface area (Å²) in [5.74, 6) is 0.210. The number of benzene rings is 2. The number of thiocarbonyl (C=S) groups is 1. The van der Waals surface area contributed by atoms with Crippen LogP contribution in [-0.4, -0.2) is 67.1 Å². The van der Waals surface area contributed by atoms with Gasteiger partial charge in [-0.2, -0.15) is 0 Å². The molecule has 0 aromatic heterocycles. The molecule has 7 nitrogen and oxygen atoms in total. The van der Waals surface area contributed by atoms with Crippen LogP contribution in [0.25, 0.3) is 0 Å². The minimum absolute atomic E-state index is 0.0561. The molecule has 0 saturated carbocycles. The topological polar surface area (TPSA) is 73.9 Å². The van der Waals surface area contributed by atoms with Crippen LogP contribution in [0.1, 0.15) is 20.7 Å². The van der Waals surface area contributed by atoms with Gasteiger partial charge >= 0.3 is 0 Å². The van der Waals surface area contributed by atoms with Gasteiger partial charge in [0, 0.05) is 31.7 Å². The maximum Gasteiger partial charge on any atom is 0.257 e. The van der Waals surface area contributed by atoms with Crippen molar-refractivity contribution in [2.45, 2.75) is 0 Å². The number of hydrogen-bond acceptors (Lipinski definition) is 5. The molecule has 0 spiro atoms. The van der Waals surface area contributed by atoms with Crippen LogP contribution in [0.2, 0.25) is 0 Å². The number of nitrogens with zero attached hydrogens (tertiary/aromatic N) is 2. The monoisotopic (exact) mass is 490 g/mol. The molecule has 1 fully saturated rings. The molecule has 9 heteroatoms. The zero-order chi connectivity index (χ0) is 21.7. The van der Waals surface area contributed by atoms with Gasteiger partial charge in [-0.15, -0.1) is 0 Å². The zero-order valence-corrected chi connectivity index (χ0v) is 19.2. The molecule has 2 aromatic carbocycles. The van der Waals surface area contributed by atoms with E-state index < -0.39 is 0 Å². The van der Waals surface area contributed by atoms with Crippen molar-refractivity contribution in [1.82, 2.24) is 15.1 Å². The van der Waals surface area contributed by atoms with Gasteiger partial charge in [0.15, 0.2) is 5.11 Å². The molecule has 1 aliphatic heterocycles. The van der Waals surface area contributed by atoms with E-state index in [-0.39, 0.29) is 16.9 Å². The number of amides is 2. The number of nitrogens with one attached hydrogen (secondary N) is 2. The second-order valence-electron chi connectivity index (χ2n) is 6.90. The SMILES string of the molecule is COc1ccc(C(=O)NC(=S)Nc2ccccc2C(=O)N2CCN(C)CC2)cc1Br. The molecular formula is C21H23BrN4O3S. The molecule has 2 aromatic rings. The second kappa shape index (κ2) is 10.0. The third kappa shape index (κ3) is 5.35. The molecule has 0 bridgehead atoms. The number of likely N-dealkylation sites (N-methyl/N-ethyl adjacent to an activating group) is 1. The summed E-state index contributed by atoms with van der Waals surface area (Å²) < 4.78 is 5.84. The summed E-state index contributed by atoms with van der Waals surface area (Å²) in [7, 11) is 3.60. The Morgan fingerprint density at radius 1 is 1.10 bits per heavy atom. The molecule has 1 aliphatic rings. The normalized spacial score (nSPS) is 14.2. The second-order valence-corrected chi connectivity index (χ2v) is 8.16. The molecule has 0 unspecified atom stereocenters. The van der Waals surface area contributed by atoms with Gasteiger partial charge < -0.3 is 19.9 Å². The number of carbonyl (C=O) groups is 2. The minimum atomic E-state index is -0.362. The standard InChI is InChI=1S/C21H23BrN4O3S/c1-25-9-11-26(12-10-25)20(28)15-5-3-4-6-17(15)23-21(30)24-19(27)14-7-8-18(29-2)16(22)13-14/h3-8,13H,9-12H2,1-2H3,(H2,23,24,27,30). The number of para-hydroxylation sites is 1. The molecule has 0 aliphatic carbocycles. The summed E-state index contributed by atoms with van der Waals surface area (Å²) in [4.78, 5) is 29.5. The molecule has 1 saturated heterocycles. The predicted molar refractivity (Wildman–Crippen MR) is 124 cm³/mol. The summed E-state index contributed by atoms with van der Waals surface area (Å²) in [5.41, 5.74) is 1.50. The molecule has 0 radical (unpaired) electrons. The fourth-order valence-electron chi connectivity index (χ4n) is 3.09. The van der Waals surface area contributed by atoms with Crippen molar-refractivity contribution in [3.05, 3.63) is 58.1 Å². The average Bonchev–Trinajstić information content (AvgIpc) is 2.74. The molecule has 3 rings (SSSR count). The Morgan fingerprint density at radius 2 is 1.80 bits per heavy atom. The van der Waals surface area contributed by atoms with Gasteiger partial charge in [0.25, 0.3) is 11.8 Å². The first-order valence-electron chi connectivity index (χ1n) is 9.41. The van der Waals surface area contributed by atoms with E-state index in [0.717, 1.165) is 13.1 Å². The number of carbonyl (C=O) groups excluding carboxylic acids is 2. The van der Waals surface area contributed by atoms with Crippen molar-refractivity contribution in [2.24, 2.45) is 0 Å². The van der Waals surface area contributed by atoms with Crippen molar-refractivity contribution in [2.75, 3.05) is 45.7 Å². The summed E-state index contributed by atoms with van der Waals surface area (Å²) in [5, 5.41) is 5.75. The Bertz CT molecular complexity index is 961. The molecule has 0 atom stereocenters. The van der Waals surface area contributed by atoms with E-state index in [1.165, 1.54) is 0 Å². The molecule has 2 amide bonds. The average molecular weight is 491 g/mol. The molecule has 158 valence electrons. The molecular weight excluding hydrogens is 468 g/mol. The van der Waals surface area contributed by atoms with E-state index in [2.05, 4.69) is 31.5 Å². The fourth-order valence-corrected chi connectivity index (χ4v) is 3.84. The van der Waals surface area contributed by atoms with Gasteiger partial charge in [0.05, 0.1) is 22.8 Å². The van der Waals surface area contributed by atoms with E-state index in [9.17, 15) is 9.59 Å². The first-order valence-corrected chi connectivity index (χ1v) is 10.6. The van der Waals surface area contributed by atoms with Crippen LogP contribution < -0.4 is 15.4 Å². The highest BCUT2D eigenvalue weighted by Crippen LogP contribution is 2.25. The van der Waals surface area contributed by atoms with E-state index in [1.807, 2.05) is 24.1 Å². The van der Waals surface area contributed by atoms with Gasteiger partial charge in [-0.3, -0.25) is 14.9 Å². The van der Waals surface area contributed by atoms with Gasteiger partial charge in [-0.05, 0) is 65.5 Å². The molecule has 30 heavy (non-hydrogen) atoms. The zero-order valence-electron chi connectivity index (χ0n) is 16.8. The van der Waals surface area contributed by atoms with E-state index in [0.29, 0.717) is 40.1 Å². The third-order valence-electron chi connectivity index (χ3n) is 4.84. The first kappa shape index (κ1) is 22.2. The largest absolute Gasteiger partial charge is 0.496 e. The number of methoxy groups -OCH3 is 1. The first-order chi connectivity index (χ1) is 14.4. The van der Waals surface area contributed by atoms with Gasteiger partial charge in [0.1, 0.15) is 5.75 Å². The van der Waals surface area contributed by atoms with Crippen LogP contribution in [0.15, 0.2) is 46.9 Å². The van der Waals surface area contributed by atoms with Crippen LogP contribution in [0.4, 0.5) is 5.69 Å². The highest BCUT2D eigenvalue weighted by atomic mass is 79.9. The van der Waals surface area contributed by atoms with Crippen LogP contribution in [-0.2, 0) is 0 Å². The van der Waals surface area contributed by atoms with Crippen LogP contribution in [0.3, 0.4) is 0 Å².